The van der Waals surface area contributed by atoms with Gasteiger partial charge in [0.1, 0.15) is 11.4 Å². The number of anilines is 1. The van der Waals surface area contributed by atoms with Crippen molar-refractivity contribution in [2.24, 2.45) is 14.1 Å². The number of benzene rings is 1. The van der Waals surface area contributed by atoms with Crippen LogP contribution >= 0.6 is 0 Å². The highest BCUT2D eigenvalue weighted by Gasteiger charge is 2.23. The van der Waals surface area contributed by atoms with Crippen LogP contribution in [0.4, 0.5) is 5.95 Å². The van der Waals surface area contributed by atoms with Gasteiger partial charge in [-0.05, 0) is 12.1 Å². The lowest BCUT2D eigenvalue weighted by Crippen LogP contribution is -2.37. The molecule has 0 unspecified atom stereocenters. The maximum atomic E-state index is 5.86. The number of morpholine rings is 1. The van der Waals surface area contributed by atoms with Crippen molar-refractivity contribution in [1.29, 1.82) is 0 Å². The molecule has 0 radical (unpaired) electrons. The summed E-state index contributed by atoms with van der Waals surface area (Å²) in [5.41, 5.74) is 5.19. The molecule has 3 aromatic heterocycles. The number of rotatable bonds is 5. The van der Waals surface area contributed by atoms with E-state index in [1.54, 1.807) is 22.7 Å². The Kier molecular flexibility index (Phi) is 5.32. The molecule has 0 amide bonds. The average Bonchev–Trinajstić information content (AvgIpc) is 3.47. The van der Waals surface area contributed by atoms with Gasteiger partial charge in [-0.25, -0.2) is 9.97 Å². The summed E-state index contributed by atoms with van der Waals surface area (Å²) in [5, 5.41) is 8.86. The summed E-state index contributed by atoms with van der Waals surface area (Å²) in [6.45, 7) is 2.79. The number of methoxy groups -OCH3 is 1. The van der Waals surface area contributed by atoms with Gasteiger partial charge in [0, 0.05) is 56.3 Å². The molecule has 5 rings (SSSR count). The minimum Gasteiger partial charge on any atom is -0.492 e. The van der Waals surface area contributed by atoms with Crippen LogP contribution < -0.4 is 9.64 Å². The van der Waals surface area contributed by atoms with Crippen LogP contribution in [0.1, 0.15) is 0 Å². The molecule has 9 heteroatoms. The first-order chi connectivity index (χ1) is 15.6. The minimum atomic E-state index is 0.619. The first-order valence-electron chi connectivity index (χ1n) is 10.5. The first kappa shape index (κ1) is 20.2. The normalized spacial score (nSPS) is 14.0. The molecule has 0 spiro atoms. The highest BCUT2D eigenvalue weighted by atomic mass is 16.5. The minimum absolute atomic E-state index is 0.619. The van der Waals surface area contributed by atoms with Crippen molar-refractivity contribution in [3.05, 3.63) is 48.9 Å². The van der Waals surface area contributed by atoms with Gasteiger partial charge in [-0.1, -0.05) is 18.2 Å². The van der Waals surface area contributed by atoms with E-state index in [-0.39, 0.29) is 0 Å². The van der Waals surface area contributed by atoms with E-state index in [1.807, 2.05) is 50.8 Å². The van der Waals surface area contributed by atoms with Gasteiger partial charge >= 0.3 is 0 Å². The first-order valence-corrected chi connectivity index (χ1v) is 10.5. The lowest BCUT2D eigenvalue weighted by atomic mass is 10.0. The molecule has 1 aliphatic rings. The van der Waals surface area contributed by atoms with Crippen molar-refractivity contribution in [3.63, 3.8) is 0 Å². The quantitative estimate of drug-likeness (QED) is 0.480. The molecule has 164 valence electrons. The Hall–Kier alpha value is -3.72. The summed E-state index contributed by atoms with van der Waals surface area (Å²) >= 11 is 0. The lowest BCUT2D eigenvalue weighted by Gasteiger charge is -2.28. The smallest absolute Gasteiger partial charge is 0.226 e. The van der Waals surface area contributed by atoms with Gasteiger partial charge in [-0.15, -0.1) is 0 Å². The van der Waals surface area contributed by atoms with E-state index in [9.17, 15) is 0 Å². The standard InChI is InChI=1S/C23H25N7O2/c1-28-8-7-19(27-28)16-5-4-6-17(13-16)20-22(31-3)21(18-14-24-29(2)15-18)26-23(25-20)30-9-11-32-12-10-30/h4-8,13-15H,9-12H2,1-3H3. The van der Waals surface area contributed by atoms with Crippen LogP contribution in [-0.4, -0.2) is 62.9 Å². The van der Waals surface area contributed by atoms with E-state index >= 15 is 0 Å². The fourth-order valence-corrected chi connectivity index (χ4v) is 3.87. The Labute approximate surface area is 186 Å². The van der Waals surface area contributed by atoms with E-state index in [0.717, 1.165) is 46.9 Å². The summed E-state index contributed by atoms with van der Waals surface area (Å²) in [6, 6.07) is 10.2. The summed E-state index contributed by atoms with van der Waals surface area (Å²) in [4.78, 5) is 12.0. The van der Waals surface area contributed by atoms with E-state index in [4.69, 9.17) is 19.4 Å². The maximum absolute atomic E-state index is 5.86. The molecule has 1 aliphatic heterocycles. The molecule has 0 saturated carbocycles. The van der Waals surface area contributed by atoms with Gasteiger partial charge < -0.3 is 14.4 Å². The zero-order chi connectivity index (χ0) is 22.1. The Bertz CT molecular complexity index is 1240. The Balaban J connectivity index is 1.68. The molecule has 0 bridgehead atoms. The molecule has 32 heavy (non-hydrogen) atoms. The molecule has 1 saturated heterocycles. The number of ether oxygens (including phenoxy) is 2. The van der Waals surface area contributed by atoms with Crippen LogP contribution in [0.25, 0.3) is 33.8 Å². The number of hydrogen-bond donors (Lipinski definition) is 0. The van der Waals surface area contributed by atoms with E-state index < -0.39 is 0 Å². The topological polar surface area (TPSA) is 83.1 Å². The predicted molar refractivity (Wildman–Crippen MR) is 121 cm³/mol. The SMILES string of the molecule is COc1c(-c2cccc(-c3ccn(C)n3)c2)nc(N2CCOCC2)nc1-c1cnn(C)c1. The van der Waals surface area contributed by atoms with Crippen LogP contribution in [-0.2, 0) is 18.8 Å². The highest BCUT2D eigenvalue weighted by molar-refractivity contribution is 5.80. The molecule has 0 N–H and O–H groups in total. The van der Waals surface area contributed by atoms with E-state index in [0.29, 0.717) is 24.9 Å². The average molecular weight is 432 g/mol. The van der Waals surface area contributed by atoms with Crippen LogP contribution in [0.2, 0.25) is 0 Å². The number of aryl methyl sites for hydroxylation is 2. The van der Waals surface area contributed by atoms with Crippen molar-refractivity contribution in [1.82, 2.24) is 29.5 Å². The number of nitrogens with zero attached hydrogens (tertiary/aromatic N) is 7. The third-order valence-electron chi connectivity index (χ3n) is 5.48. The second-order valence-electron chi connectivity index (χ2n) is 7.71. The second-order valence-corrected chi connectivity index (χ2v) is 7.71. The molecular weight excluding hydrogens is 406 g/mol. The van der Waals surface area contributed by atoms with Crippen molar-refractivity contribution in [3.8, 4) is 39.5 Å². The summed E-state index contributed by atoms with van der Waals surface area (Å²) in [5.74, 6) is 1.28. The number of aromatic nitrogens is 6. The Morgan fingerprint density at radius 2 is 1.69 bits per heavy atom. The lowest BCUT2D eigenvalue weighted by molar-refractivity contribution is 0.122. The zero-order valence-corrected chi connectivity index (χ0v) is 18.4. The van der Waals surface area contributed by atoms with Gasteiger partial charge in [0.2, 0.25) is 5.95 Å². The summed E-state index contributed by atoms with van der Waals surface area (Å²) in [6.07, 6.45) is 5.66. The molecule has 9 nitrogen and oxygen atoms in total. The van der Waals surface area contributed by atoms with Crippen LogP contribution in [0, 0.1) is 0 Å². The molecule has 1 aromatic carbocycles. The molecule has 4 aromatic rings. The molecular formula is C23H25N7O2. The monoisotopic (exact) mass is 431 g/mol. The van der Waals surface area contributed by atoms with Gasteiger partial charge in [0.25, 0.3) is 0 Å². The molecule has 0 aliphatic carbocycles. The van der Waals surface area contributed by atoms with Gasteiger partial charge in [-0.2, -0.15) is 10.2 Å². The van der Waals surface area contributed by atoms with Crippen molar-refractivity contribution >= 4 is 5.95 Å². The Morgan fingerprint density at radius 3 is 2.34 bits per heavy atom. The van der Waals surface area contributed by atoms with E-state index in [1.165, 1.54) is 0 Å². The molecule has 0 atom stereocenters. The predicted octanol–water partition coefficient (Wildman–Crippen LogP) is 2.79. The maximum Gasteiger partial charge on any atom is 0.226 e. The van der Waals surface area contributed by atoms with Crippen LogP contribution in [0.5, 0.6) is 5.75 Å². The van der Waals surface area contributed by atoms with Crippen molar-refractivity contribution in [2.45, 2.75) is 0 Å². The third-order valence-corrected chi connectivity index (χ3v) is 5.48. The van der Waals surface area contributed by atoms with Crippen LogP contribution in [0.15, 0.2) is 48.9 Å². The fraction of sp³-hybridized carbons (Fsp3) is 0.304. The van der Waals surface area contributed by atoms with Gasteiger partial charge in [0.05, 0.1) is 32.2 Å². The largest absolute Gasteiger partial charge is 0.492 e. The van der Waals surface area contributed by atoms with Crippen molar-refractivity contribution in [2.75, 3.05) is 38.3 Å². The highest BCUT2D eigenvalue weighted by Crippen LogP contribution is 2.39. The second kappa shape index (κ2) is 8.43. The zero-order valence-electron chi connectivity index (χ0n) is 18.4. The third kappa shape index (κ3) is 3.82. The molecule has 1 fully saturated rings. The molecule has 4 heterocycles. The number of hydrogen-bond acceptors (Lipinski definition) is 7. The van der Waals surface area contributed by atoms with E-state index in [2.05, 4.69) is 21.2 Å². The van der Waals surface area contributed by atoms with Gasteiger partial charge in [0.15, 0.2) is 5.75 Å². The van der Waals surface area contributed by atoms with Crippen LogP contribution in [0.3, 0.4) is 0 Å². The summed E-state index contributed by atoms with van der Waals surface area (Å²) < 4.78 is 14.9. The Morgan fingerprint density at radius 1 is 0.938 bits per heavy atom. The van der Waals surface area contributed by atoms with Crippen molar-refractivity contribution < 1.29 is 9.47 Å². The fourth-order valence-electron chi connectivity index (χ4n) is 3.87. The summed E-state index contributed by atoms with van der Waals surface area (Å²) in [7, 11) is 5.45. The van der Waals surface area contributed by atoms with Gasteiger partial charge in [-0.3, -0.25) is 9.36 Å².